The summed E-state index contributed by atoms with van der Waals surface area (Å²) in [6.07, 6.45) is 10.0. The van der Waals surface area contributed by atoms with Gasteiger partial charge >= 0.3 is 0 Å². The normalized spacial score (nSPS) is 21.8. The minimum absolute atomic E-state index is 0.101. The molecular weight excluding hydrogens is 328 g/mol. The Morgan fingerprint density at radius 2 is 2.08 bits per heavy atom. The Bertz CT molecular complexity index is 703. The highest BCUT2D eigenvalue weighted by Crippen LogP contribution is 2.20. The van der Waals surface area contributed by atoms with Crippen LogP contribution in [0, 0.1) is 5.92 Å². The van der Waals surface area contributed by atoms with Crippen molar-refractivity contribution in [3.05, 3.63) is 35.9 Å². The topological polar surface area (TPSA) is 70.1 Å². The summed E-state index contributed by atoms with van der Waals surface area (Å²) >= 11 is 0. The number of piperidine rings is 2. The third kappa shape index (κ3) is 4.15. The van der Waals surface area contributed by atoms with Gasteiger partial charge in [-0.2, -0.15) is 0 Å². The maximum atomic E-state index is 12.5. The van der Waals surface area contributed by atoms with Crippen LogP contribution in [0.15, 0.2) is 24.5 Å². The van der Waals surface area contributed by atoms with Gasteiger partial charge in [0.25, 0.3) is 5.91 Å². The molecule has 2 aliphatic rings. The molecule has 140 valence electrons. The molecule has 7 heteroatoms. The number of hydrogen-bond donors (Lipinski definition) is 1. The molecule has 1 amide bonds. The number of H-pyrrole nitrogens is 1. The molecule has 1 atom stereocenters. The number of carbonyl (C=O) groups excluding carboxylic acids is 1. The summed E-state index contributed by atoms with van der Waals surface area (Å²) in [6.45, 7) is 5.71. The van der Waals surface area contributed by atoms with Crippen LogP contribution in [0.1, 0.15) is 48.3 Å². The fraction of sp³-hybridized carbons (Fsp3) is 0.632. The number of hydrogen-bond acceptors (Lipinski definition) is 4. The highest BCUT2D eigenvalue weighted by atomic mass is 16.2. The lowest BCUT2D eigenvalue weighted by Gasteiger charge is -2.32. The van der Waals surface area contributed by atoms with Crippen LogP contribution in [0.2, 0.25) is 0 Å². The van der Waals surface area contributed by atoms with Gasteiger partial charge in [0.1, 0.15) is 5.69 Å². The van der Waals surface area contributed by atoms with Gasteiger partial charge in [-0.05, 0) is 56.8 Å². The Kier molecular flexibility index (Phi) is 5.34. The van der Waals surface area contributed by atoms with Crippen LogP contribution in [0.4, 0.5) is 0 Å². The Morgan fingerprint density at radius 1 is 1.19 bits per heavy atom. The summed E-state index contributed by atoms with van der Waals surface area (Å²) < 4.78 is 1.96. The first-order valence-corrected chi connectivity index (χ1v) is 9.82. The lowest BCUT2D eigenvalue weighted by atomic mass is 9.98. The predicted molar refractivity (Wildman–Crippen MR) is 98.6 cm³/mol. The second-order valence-electron chi connectivity index (χ2n) is 7.61. The zero-order valence-corrected chi connectivity index (χ0v) is 15.3. The molecule has 2 fully saturated rings. The van der Waals surface area contributed by atoms with Crippen molar-refractivity contribution in [1.29, 1.82) is 0 Å². The van der Waals surface area contributed by atoms with E-state index in [4.69, 9.17) is 0 Å². The number of nitrogens with zero attached hydrogens (tertiary/aromatic N) is 5. The summed E-state index contributed by atoms with van der Waals surface area (Å²) in [7, 11) is 0. The summed E-state index contributed by atoms with van der Waals surface area (Å²) in [4.78, 5) is 20.0. The Balaban J connectivity index is 1.31. The second kappa shape index (κ2) is 8.03. The first-order valence-electron chi connectivity index (χ1n) is 9.82. The molecule has 7 nitrogen and oxygen atoms in total. The summed E-state index contributed by atoms with van der Waals surface area (Å²) in [5, 5.41) is 8.68. The molecule has 2 saturated heterocycles. The number of amides is 1. The first-order chi connectivity index (χ1) is 12.8. The second-order valence-corrected chi connectivity index (χ2v) is 7.61. The number of nitrogens with one attached hydrogen (secondary N) is 1. The molecule has 2 aromatic rings. The highest BCUT2D eigenvalue weighted by molar-refractivity contribution is 5.92. The van der Waals surface area contributed by atoms with Gasteiger partial charge in [0.2, 0.25) is 0 Å². The Morgan fingerprint density at radius 3 is 2.88 bits per heavy atom. The van der Waals surface area contributed by atoms with E-state index in [0.717, 1.165) is 44.7 Å². The van der Waals surface area contributed by atoms with Crippen LogP contribution in [-0.2, 0) is 13.1 Å². The van der Waals surface area contributed by atoms with Gasteiger partial charge in [-0.25, -0.2) is 0 Å². The largest absolute Gasteiger partial charge is 0.357 e. The monoisotopic (exact) mass is 356 g/mol. The van der Waals surface area contributed by atoms with Crippen molar-refractivity contribution >= 4 is 5.91 Å². The molecular formula is C19H28N6O. The van der Waals surface area contributed by atoms with Crippen molar-refractivity contribution in [2.75, 3.05) is 26.2 Å². The van der Waals surface area contributed by atoms with Gasteiger partial charge in [-0.15, -0.1) is 5.10 Å². The average Bonchev–Trinajstić information content (AvgIpc) is 3.35. The van der Waals surface area contributed by atoms with Crippen LogP contribution >= 0.6 is 0 Å². The van der Waals surface area contributed by atoms with E-state index in [-0.39, 0.29) is 5.91 Å². The van der Waals surface area contributed by atoms with Gasteiger partial charge in [-0.1, -0.05) is 11.6 Å². The lowest BCUT2D eigenvalue weighted by molar-refractivity contribution is 0.0654. The zero-order valence-electron chi connectivity index (χ0n) is 15.3. The fourth-order valence-corrected chi connectivity index (χ4v) is 4.14. The number of rotatable bonds is 5. The van der Waals surface area contributed by atoms with Crippen molar-refractivity contribution in [1.82, 2.24) is 29.8 Å². The number of carbonyl (C=O) groups is 1. The molecule has 0 spiro atoms. The van der Waals surface area contributed by atoms with E-state index in [1.807, 2.05) is 21.7 Å². The third-order valence-corrected chi connectivity index (χ3v) is 5.50. The molecule has 0 aromatic carbocycles. The quantitative estimate of drug-likeness (QED) is 0.891. The van der Waals surface area contributed by atoms with E-state index >= 15 is 0 Å². The summed E-state index contributed by atoms with van der Waals surface area (Å²) in [5.74, 6) is 0.538. The van der Waals surface area contributed by atoms with E-state index in [1.54, 1.807) is 6.20 Å². The smallest absolute Gasteiger partial charge is 0.270 e. The van der Waals surface area contributed by atoms with Gasteiger partial charge < -0.3 is 9.88 Å². The molecule has 26 heavy (non-hydrogen) atoms. The average molecular weight is 356 g/mol. The van der Waals surface area contributed by atoms with Crippen molar-refractivity contribution in [2.45, 2.75) is 45.2 Å². The SMILES string of the molecule is O=C(c1ccc[nH]1)N1CCC[C@@H](Cn2cc(CN3CCCCC3)nn2)C1. The van der Waals surface area contributed by atoms with E-state index in [2.05, 4.69) is 26.4 Å². The Hall–Kier alpha value is -2.15. The molecule has 0 bridgehead atoms. The van der Waals surface area contributed by atoms with Crippen LogP contribution in [0.5, 0.6) is 0 Å². The van der Waals surface area contributed by atoms with Crippen LogP contribution in [-0.4, -0.2) is 61.9 Å². The first kappa shape index (κ1) is 17.3. The molecule has 0 radical (unpaired) electrons. The maximum absolute atomic E-state index is 12.5. The highest BCUT2D eigenvalue weighted by Gasteiger charge is 2.25. The lowest BCUT2D eigenvalue weighted by Crippen LogP contribution is -2.41. The van der Waals surface area contributed by atoms with Crippen molar-refractivity contribution in [3.8, 4) is 0 Å². The molecule has 4 rings (SSSR count). The van der Waals surface area contributed by atoms with Crippen molar-refractivity contribution in [3.63, 3.8) is 0 Å². The molecule has 2 aromatic heterocycles. The van der Waals surface area contributed by atoms with E-state index < -0.39 is 0 Å². The van der Waals surface area contributed by atoms with Crippen LogP contribution in [0.3, 0.4) is 0 Å². The summed E-state index contributed by atoms with van der Waals surface area (Å²) in [6, 6.07) is 3.71. The zero-order chi connectivity index (χ0) is 17.8. The maximum Gasteiger partial charge on any atom is 0.270 e. The van der Waals surface area contributed by atoms with E-state index in [1.165, 1.54) is 32.4 Å². The van der Waals surface area contributed by atoms with Crippen molar-refractivity contribution in [2.24, 2.45) is 5.92 Å². The van der Waals surface area contributed by atoms with E-state index in [0.29, 0.717) is 11.6 Å². The van der Waals surface area contributed by atoms with Crippen molar-refractivity contribution < 1.29 is 4.79 Å². The molecule has 0 unspecified atom stereocenters. The van der Waals surface area contributed by atoms with Gasteiger partial charge in [0.05, 0.1) is 5.69 Å². The number of aromatic nitrogens is 4. The molecule has 4 heterocycles. The molecule has 2 aliphatic heterocycles. The summed E-state index contributed by atoms with van der Waals surface area (Å²) in [5.41, 5.74) is 1.73. The molecule has 0 saturated carbocycles. The number of likely N-dealkylation sites (tertiary alicyclic amines) is 2. The third-order valence-electron chi connectivity index (χ3n) is 5.50. The predicted octanol–water partition coefficient (Wildman–Crippen LogP) is 2.14. The molecule has 1 N–H and O–H groups in total. The Labute approximate surface area is 154 Å². The fourth-order valence-electron chi connectivity index (χ4n) is 4.14. The van der Waals surface area contributed by atoms with Crippen LogP contribution in [0.25, 0.3) is 0 Å². The minimum Gasteiger partial charge on any atom is -0.357 e. The minimum atomic E-state index is 0.101. The van der Waals surface area contributed by atoms with Gasteiger partial charge in [0, 0.05) is 38.6 Å². The van der Waals surface area contributed by atoms with Gasteiger partial charge in [0.15, 0.2) is 0 Å². The number of aromatic amines is 1. The molecule has 0 aliphatic carbocycles. The van der Waals surface area contributed by atoms with Crippen LogP contribution < -0.4 is 0 Å². The van der Waals surface area contributed by atoms with E-state index in [9.17, 15) is 4.79 Å². The standard InChI is InChI=1S/C19H28N6O/c26-19(18-7-4-8-20-18)24-11-5-6-16(12-24)13-25-15-17(21-22-25)14-23-9-2-1-3-10-23/h4,7-8,15-16,20H,1-3,5-6,9-14H2/t16-/m1/s1. The van der Waals surface area contributed by atoms with Gasteiger partial charge in [-0.3, -0.25) is 14.4 Å².